The number of amides is 1. The predicted molar refractivity (Wildman–Crippen MR) is 113 cm³/mol. The number of carbonyl (C=O) groups excluding carboxylic acids is 1. The topological polar surface area (TPSA) is 50.8 Å². The molecule has 5 heteroatoms. The molecule has 1 aliphatic heterocycles. The zero-order valence-corrected chi connectivity index (χ0v) is 17.7. The van der Waals surface area contributed by atoms with Crippen LogP contribution in [0.5, 0.6) is 5.75 Å². The maximum absolute atomic E-state index is 12.9. The average molecular weight is 389 g/mol. The molecule has 0 radical (unpaired) electrons. The molecular formula is C23H36N2O3. The number of nitrogens with zero attached hydrogens (tertiary/aromatic N) is 1. The van der Waals surface area contributed by atoms with E-state index in [2.05, 4.69) is 24.1 Å². The lowest BCUT2D eigenvalue weighted by molar-refractivity contribution is -0.143. The van der Waals surface area contributed by atoms with Crippen LogP contribution in [0.2, 0.25) is 0 Å². The third-order valence-electron chi connectivity index (χ3n) is 6.29. The van der Waals surface area contributed by atoms with Crippen LogP contribution in [0, 0.1) is 11.8 Å². The van der Waals surface area contributed by atoms with E-state index in [1.807, 2.05) is 24.3 Å². The molecule has 1 saturated carbocycles. The van der Waals surface area contributed by atoms with Crippen molar-refractivity contribution in [3.05, 3.63) is 24.3 Å². The van der Waals surface area contributed by atoms with E-state index < -0.39 is 5.60 Å². The minimum Gasteiger partial charge on any atom is -0.492 e. The van der Waals surface area contributed by atoms with Crippen molar-refractivity contribution in [2.24, 2.45) is 11.8 Å². The van der Waals surface area contributed by atoms with Gasteiger partial charge in [-0.25, -0.2) is 0 Å². The highest BCUT2D eigenvalue weighted by Gasteiger charge is 2.41. The summed E-state index contributed by atoms with van der Waals surface area (Å²) in [7, 11) is 1.65. The zero-order valence-electron chi connectivity index (χ0n) is 17.7. The zero-order chi connectivity index (χ0) is 20.0. The number of likely N-dealkylation sites (tertiary alicyclic amines) is 1. The Morgan fingerprint density at radius 3 is 2.61 bits per heavy atom. The Bertz CT molecular complexity index is 633. The Labute approximate surface area is 169 Å². The van der Waals surface area contributed by atoms with E-state index in [4.69, 9.17) is 9.47 Å². The van der Waals surface area contributed by atoms with Crippen molar-refractivity contribution in [3.8, 4) is 5.75 Å². The van der Waals surface area contributed by atoms with E-state index >= 15 is 0 Å². The van der Waals surface area contributed by atoms with Crippen molar-refractivity contribution in [1.82, 2.24) is 4.90 Å². The number of hydrogen-bond acceptors (Lipinski definition) is 4. The molecule has 0 spiro atoms. The van der Waals surface area contributed by atoms with Gasteiger partial charge in [-0.2, -0.15) is 0 Å². The van der Waals surface area contributed by atoms with Crippen molar-refractivity contribution in [1.29, 1.82) is 0 Å². The molecule has 1 amide bonds. The quantitative estimate of drug-likeness (QED) is 0.755. The van der Waals surface area contributed by atoms with Gasteiger partial charge in [-0.1, -0.05) is 20.3 Å². The molecule has 156 valence electrons. The number of methoxy groups -OCH3 is 1. The predicted octanol–water partition coefficient (Wildman–Crippen LogP) is 4.33. The number of ether oxygens (including phenoxy) is 2. The van der Waals surface area contributed by atoms with Gasteiger partial charge in [-0.05, 0) is 74.8 Å². The second kappa shape index (κ2) is 9.75. The maximum Gasteiger partial charge on any atom is 0.256 e. The fourth-order valence-electron chi connectivity index (χ4n) is 4.65. The number of piperidine rings is 1. The van der Waals surface area contributed by atoms with Crippen LogP contribution in [0.25, 0.3) is 0 Å². The second-order valence-corrected chi connectivity index (χ2v) is 8.77. The van der Waals surface area contributed by atoms with E-state index in [0.29, 0.717) is 12.5 Å². The molecule has 1 N–H and O–H groups in total. The van der Waals surface area contributed by atoms with Crippen molar-refractivity contribution in [2.45, 2.75) is 58.0 Å². The molecule has 0 unspecified atom stereocenters. The highest BCUT2D eigenvalue weighted by atomic mass is 16.5. The van der Waals surface area contributed by atoms with E-state index in [1.165, 1.54) is 32.4 Å². The number of benzene rings is 1. The first-order chi connectivity index (χ1) is 13.5. The van der Waals surface area contributed by atoms with E-state index in [1.54, 1.807) is 7.11 Å². The number of hydrogen-bond donors (Lipinski definition) is 1. The number of nitrogens with one attached hydrogen (secondary N) is 1. The van der Waals surface area contributed by atoms with E-state index in [0.717, 1.165) is 43.2 Å². The minimum atomic E-state index is -0.696. The van der Waals surface area contributed by atoms with Gasteiger partial charge in [0.05, 0.1) is 0 Å². The SMILES string of the molecule is CO[C@@]1(C(=O)Nc2ccc(OCCN3CCC[C@@H](C)C3)cc2)CCC[C@@H](C)C1. The molecule has 1 aromatic carbocycles. The molecule has 5 nitrogen and oxygen atoms in total. The molecule has 3 atom stereocenters. The van der Waals surface area contributed by atoms with Crippen LogP contribution < -0.4 is 10.1 Å². The summed E-state index contributed by atoms with van der Waals surface area (Å²) in [6.45, 7) is 8.53. The number of rotatable bonds is 7. The van der Waals surface area contributed by atoms with Crippen LogP contribution in [-0.4, -0.2) is 49.8 Å². The van der Waals surface area contributed by atoms with Gasteiger partial charge in [0.15, 0.2) is 0 Å². The first kappa shape index (κ1) is 21.1. The summed E-state index contributed by atoms with van der Waals surface area (Å²) in [6.07, 6.45) is 6.40. The molecule has 1 saturated heterocycles. The lowest BCUT2D eigenvalue weighted by Crippen LogP contribution is -2.47. The highest BCUT2D eigenvalue weighted by molar-refractivity contribution is 5.97. The van der Waals surface area contributed by atoms with Crippen LogP contribution in [0.1, 0.15) is 52.4 Å². The minimum absolute atomic E-state index is 0.0329. The Kier molecular flexibility index (Phi) is 7.36. The van der Waals surface area contributed by atoms with Crippen molar-refractivity contribution in [3.63, 3.8) is 0 Å². The Balaban J connectivity index is 1.48. The lowest BCUT2D eigenvalue weighted by Gasteiger charge is -2.37. The van der Waals surface area contributed by atoms with Gasteiger partial charge in [0, 0.05) is 25.9 Å². The Morgan fingerprint density at radius 1 is 1.18 bits per heavy atom. The van der Waals surface area contributed by atoms with Crippen LogP contribution in [-0.2, 0) is 9.53 Å². The number of anilines is 1. The third-order valence-corrected chi connectivity index (χ3v) is 6.29. The van der Waals surface area contributed by atoms with Gasteiger partial charge in [0.2, 0.25) is 0 Å². The monoisotopic (exact) mass is 388 g/mol. The Hall–Kier alpha value is -1.59. The third kappa shape index (κ3) is 5.48. The fourth-order valence-corrected chi connectivity index (χ4v) is 4.65. The summed E-state index contributed by atoms with van der Waals surface area (Å²) in [6, 6.07) is 7.67. The maximum atomic E-state index is 12.9. The normalized spacial score (nSPS) is 28.7. The Morgan fingerprint density at radius 2 is 1.93 bits per heavy atom. The molecular weight excluding hydrogens is 352 g/mol. The molecule has 1 aliphatic carbocycles. The lowest BCUT2D eigenvalue weighted by atomic mass is 9.78. The largest absolute Gasteiger partial charge is 0.492 e. The molecule has 2 aliphatic rings. The van der Waals surface area contributed by atoms with Gasteiger partial charge in [0.1, 0.15) is 18.0 Å². The molecule has 1 aromatic rings. The van der Waals surface area contributed by atoms with E-state index in [-0.39, 0.29) is 5.91 Å². The van der Waals surface area contributed by atoms with Crippen molar-refractivity contribution < 1.29 is 14.3 Å². The first-order valence-corrected chi connectivity index (χ1v) is 10.8. The first-order valence-electron chi connectivity index (χ1n) is 10.8. The van der Waals surface area contributed by atoms with Gasteiger partial charge >= 0.3 is 0 Å². The molecule has 28 heavy (non-hydrogen) atoms. The summed E-state index contributed by atoms with van der Waals surface area (Å²) < 4.78 is 11.6. The summed E-state index contributed by atoms with van der Waals surface area (Å²) in [5.74, 6) is 2.11. The summed E-state index contributed by atoms with van der Waals surface area (Å²) in [5, 5.41) is 3.04. The summed E-state index contributed by atoms with van der Waals surface area (Å²) in [4.78, 5) is 15.3. The molecule has 0 aromatic heterocycles. The molecule has 3 rings (SSSR count). The van der Waals surface area contributed by atoms with Crippen LogP contribution >= 0.6 is 0 Å². The standard InChI is InChI=1S/C23H36N2O3/c1-18-6-4-12-23(16-18,27-3)22(26)24-20-8-10-21(11-9-20)28-15-14-25-13-5-7-19(2)17-25/h8-11,18-19H,4-7,12-17H2,1-3H3,(H,24,26)/t18-,19-,23+/m1/s1. The molecule has 2 fully saturated rings. The molecule has 1 heterocycles. The van der Waals surface area contributed by atoms with Crippen LogP contribution in [0.4, 0.5) is 5.69 Å². The summed E-state index contributed by atoms with van der Waals surface area (Å²) in [5.41, 5.74) is 0.0927. The van der Waals surface area contributed by atoms with Crippen molar-refractivity contribution in [2.75, 3.05) is 38.7 Å². The molecule has 0 bridgehead atoms. The summed E-state index contributed by atoms with van der Waals surface area (Å²) >= 11 is 0. The van der Waals surface area contributed by atoms with Gasteiger partial charge in [0.25, 0.3) is 5.91 Å². The van der Waals surface area contributed by atoms with Crippen molar-refractivity contribution >= 4 is 11.6 Å². The second-order valence-electron chi connectivity index (χ2n) is 8.77. The van der Waals surface area contributed by atoms with Crippen LogP contribution in [0.3, 0.4) is 0 Å². The van der Waals surface area contributed by atoms with Gasteiger partial charge < -0.3 is 14.8 Å². The van der Waals surface area contributed by atoms with Gasteiger partial charge in [-0.3, -0.25) is 9.69 Å². The number of carbonyl (C=O) groups is 1. The smallest absolute Gasteiger partial charge is 0.256 e. The highest BCUT2D eigenvalue weighted by Crippen LogP contribution is 2.35. The van der Waals surface area contributed by atoms with Crippen LogP contribution in [0.15, 0.2) is 24.3 Å². The van der Waals surface area contributed by atoms with E-state index in [9.17, 15) is 4.79 Å². The fraction of sp³-hybridized carbons (Fsp3) is 0.696. The van der Waals surface area contributed by atoms with Gasteiger partial charge in [-0.15, -0.1) is 0 Å². The average Bonchev–Trinajstić information content (AvgIpc) is 2.69.